The minimum absolute atomic E-state index is 0.212. The van der Waals surface area contributed by atoms with Gasteiger partial charge in [-0.25, -0.2) is 4.98 Å². The van der Waals surface area contributed by atoms with Crippen LogP contribution in [0.1, 0.15) is 32.4 Å². The molecule has 1 aliphatic heterocycles. The summed E-state index contributed by atoms with van der Waals surface area (Å²) in [5, 5.41) is 7.95. The first kappa shape index (κ1) is 17.7. The second-order valence-electron chi connectivity index (χ2n) is 7.64. The number of nitrogens with one attached hydrogen (secondary N) is 3. The van der Waals surface area contributed by atoms with E-state index in [1.54, 1.807) is 0 Å². The van der Waals surface area contributed by atoms with Crippen molar-refractivity contribution in [3.63, 3.8) is 0 Å². The van der Waals surface area contributed by atoms with Crippen molar-refractivity contribution in [1.82, 2.24) is 25.5 Å². The number of guanidine groups is 1. The third-order valence-electron chi connectivity index (χ3n) is 4.71. The van der Waals surface area contributed by atoms with Gasteiger partial charge in [0.2, 0.25) is 0 Å². The fourth-order valence-corrected chi connectivity index (χ4v) is 3.39. The van der Waals surface area contributed by atoms with Gasteiger partial charge in [0.15, 0.2) is 5.96 Å². The number of fused-ring (bicyclic) bond motifs is 1. The Balaban J connectivity index is 1.48. The van der Waals surface area contributed by atoms with E-state index in [0.717, 1.165) is 35.8 Å². The lowest BCUT2D eigenvalue weighted by Crippen LogP contribution is -2.45. The lowest BCUT2D eigenvalue weighted by atomic mass is 9.93. The number of hydrogen-bond acceptors (Lipinski definition) is 3. The molecule has 0 aromatic carbocycles. The predicted molar refractivity (Wildman–Crippen MR) is 104 cm³/mol. The van der Waals surface area contributed by atoms with Gasteiger partial charge in [0.05, 0.1) is 12.2 Å². The number of aromatic amines is 1. The molecule has 0 amide bonds. The molecular weight excluding hydrogens is 312 g/mol. The van der Waals surface area contributed by atoms with E-state index in [1.807, 2.05) is 25.4 Å². The van der Waals surface area contributed by atoms with Crippen LogP contribution in [0.15, 0.2) is 29.4 Å². The van der Waals surface area contributed by atoms with Crippen LogP contribution in [0.25, 0.3) is 11.0 Å². The summed E-state index contributed by atoms with van der Waals surface area (Å²) in [7, 11) is 1.81. The number of likely N-dealkylation sites (tertiary alicyclic amines) is 1. The van der Waals surface area contributed by atoms with Gasteiger partial charge in [-0.3, -0.25) is 4.99 Å². The van der Waals surface area contributed by atoms with Gasteiger partial charge < -0.3 is 20.5 Å². The molecule has 0 aliphatic carbocycles. The van der Waals surface area contributed by atoms with Crippen molar-refractivity contribution in [2.45, 2.75) is 33.2 Å². The Morgan fingerprint density at radius 1 is 1.24 bits per heavy atom. The van der Waals surface area contributed by atoms with E-state index in [4.69, 9.17) is 0 Å². The molecule has 0 bridgehead atoms. The Morgan fingerprint density at radius 3 is 2.80 bits per heavy atom. The second kappa shape index (κ2) is 7.87. The zero-order valence-electron chi connectivity index (χ0n) is 15.6. The molecule has 0 radical (unpaired) electrons. The highest BCUT2D eigenvalue weighted by Crippen LogP contribution is 2.19. The number of nitrogens with zero attached hydrogens (tertiary/aromatic N) is 3. The molecule has 2 aromatic heterocycles. The number of aliphatic imine (C=N–C) groups is 1. The first-order valence-corrected chi connectivity index (χ1v) is 9.16. The molecule has 2 aromatic rings. The lowest BCUT2D eigenvalue weighted by molar-refractivity contribution is 0.210. The van der Waals surface area contributed by atoms with Crippen LogP contribution in [0, 0.1) is 5.41 Å². The van der Waals surface area contributed by atoms with E-state index in [1.165, 1.54) is 25.9 Å². The molecule has 0 spiro atoms. The Kier molecular flexibility index (Phi) is 5.58. The van der Waals surface area contributed by atoms with E-state index in [2.05, 4.69) is 50.4 Å². The summed E-state index contributed by atoms with van der Waals surface area (Å²) >= 11 is 0. The molecule has 0 saturated carbocycles. The number of rotatable bonds is 6. The normalized spacial score (nSPS) is 16.5. The van der Waals surface area contributed by atoms with Gasteiger partial charge in [0, 0.05) is 31.7 Å². The number of hydrogen-bond donors (Lipinski definition) is 3. The van der Waals surface area contributed by atoms with Crippen LogP contribution in [-0.4, -0.2) is 54.1 Å². The predicted octanol–water partition coefficient (Wildman–Crippen LogP) is 2.35. The summed E-state index contributed by atoms with van der Waals surface area (Å²) in [4.78, 5) is 14.7. The number of pyridine rings is 1. The topological polar surface area (TPSA) is 68.3 Å². The molecule has 25 heavy (non-hydrogen) atoms. The highest BCUT2D eigenvalue weighted by Gasteiger charge is 2.24. The monoisotopic (exact) mass is 342 g/mol. The maximum atomic E-state index is 4.61. The highest BCUT2D eigenvalue weighted by atomic mass is 15.2. The molecule has 1 aliphatic rings. The summed E-state index contributed by atoms with van der Waals surface area (Å²) < 4.78 is 0. The van der Waals surface area contributed by atoms with Gasteiger partial charge >= 0.3 is 0 Å². The quantitative estimate of drug-likeness (QED) is 0.557. The first-order valence-electron chi connectivity index (χ1n) is 9.16. The Labute approximate surface area is 150 Å². The third kappa shape index (κ3) is 4.95. The van der Waals surface area contributed by atoms with Crippen LogP contribution >= 0.6 is 0 Å². The molecule has 3 rings (SSSR count). The Hall–Kier alpha value is -2.08. The fourth-order valence-electron chi connectivity index (χ4n) is 3.39. The van der Waals surface area contributed by atoms with Crippen LogP contribution in [0.5, 0.6) is 0 Å². The largest absolute Gasteiger partial charge is 0.356 e. The summed E-state index contributed by atoms with van der Waals surface area (Å²) in [5.74, 6) is 0.822. The standard InChI is InChI=1S/C19H30N6/c1-19(2,14-25-10-4-5-11-25)13-23-18(20-3)22-12-16-7-6-15-8-9-21-17(15)24-16/h6-9H,4-5,10-14H2,1-3H3,(H,21,24)(H2,20,22,23). The van der Waals surface area contributed by atoms with Gasteiger partial charge in [0.1, 0.15) is 5.65 Å². The van der Waals surface area contributed by atoms with Crippen LogP contribution in [0.3, 0.4) is 0 Å². The van der Waals surface area contributed by atoms with Crippen molar-refractivity contribution >= 4 is 17.0 Å². The smallest absolute Gasteiger partial charge is 0.191 e. The summed E-state index contributed by atoms with van der Waals surface area (Å²) in [6, 6.07) is 6.17. The van der Waals surface area contributed by atoms with Gasteiger partial charge in [-0.15, -0.1) is 0 Å². The highest BCUT2D eigenvalue weighted by molar-refractivity contribution is 5.80. The summed E-state index contributed by atoms with van der Waals surface area (Å²) in [6.07, 6.45) is 4.59. The molecule has 1 fully saturated rings. The van der Waals surface area contributed by atoms with Crippen molar-refractivity contribution in [1.29, 1.82) is 0 Å². The third-order valence-corrected chi connectivity index (χ3v) is 4.71. The number of aromatic nitrogens is 2. The van der Waals surface area contributed by atoms with Gasteiger partial charge in [-0.1, -0.05) is 13.8 Å². The average molecular weight is 342 g/mol. The minimum Gasteiger partial charge on any atom is -0.356 e. The SMILES string of the molecule is CN=C(NCc1ccc2cc[nH]c2n1)NCC(C)(C)CN1CCCC1. The van der Waals surface area contributed by atoms with Gasteiger partial charge in [-0.2, -0.15) is 0 Å². The average Bonchev–Trinajstić information content (AvgIpc) is 3.25. The van der Waals surface area contributed by atoms with Gasteiger partial charge in [-0.05, 0) is 49.5 Å². The first-order chi connectivity index (χ1) is 12.1. The molecule has 3 heterocycles. The van der Waals surface area contributed by atoms with Gasteiger partial charge in [0.25, 0.3) is 0 Å². The van der Waals surface area contributed by atoms with Crippen LogP contribution in [0.2, 0.25) is 0 Å². The van der Waals surface area contributed by atoms with E-state index in [0.29, 0.717) is 6.54 Å². The molecule has 1 saturated heterocycles. The summed E-state index contributed by atoms with van der Waals surface area (Å²) in [5.41, 5.74) is 2.13. The van der Waals surface area contributed by atoms with Crippen molar-refractivity contribution in [3.05, 3.63) is 30.1 Å². The summed E-state index contributed by atoms with van der Waals surface area (Å²) in [6.45, 7) is 9.78. The van der Waals surface area contributed by atoms with E-state index in [-0.39, 0.29) is 5.41 Å². The molecule has 0 atom stereocenters. The Morgan fingerprint density at radius 2 is 2.04 bits per heavy atom. The zero-order valence-corrected chi connectivity index (χ0v) is 15.6. The maximum absolute atomic E-state index is 4.61. The molecular formula is C19H30N6. The van der Waals surface area contributed by atoms with Crippen molar-refractivity contribution in [2.24, 2.45) is 10.4 Å². The second-order valence-corrected chi connectivity index (χ2v) is 7.64. The lowest BCUT2D eigenvalue weighted by Gasteiger charge is -2.30. The van der Waals surface area contributed by atoms with Crippen molar-refractivity contribution in [3.8, 4) is 0 Å². The van der Waals surface area contributed by atoms with Crippen molar-refractivity contribution < 1.29 is 0 Å². The molecule has 6 heteroatoms. The van der Waals surface area contributed by atoms with Crippen LogP contribution < -0.4 is 10.6 Å². The minimum atomic E-state index is 0.212. The Bertz CT molecular complexity index is 712. The van der Waals surface area contributed by atoms with E-state index in [9.17, 15) is 0 Å². The molecule has 0 unspecified atom stereocenters. The fraction of sp³-hybridized carbons (Fsp3) is 0.579. The maximum Gasteiger partial charge on any atom is 0.191 e. The van der Waals surface area contributed by atoms with Crippen LogP contribution in [-0.2, 0) is 6.54 Å². The van der Waals surface area contributed by atoms with Crippen LogP contribution in [0.4, 0.5) is 0 Å². The number of H-pyrrole nitrogens is 1. The zero-order chi connectivity index (χ0) is 17.7. The molecule has 3 N–H and O–H groups in total. The van der Waals surface area contributed by atoms with E-state index >= 15 is 0 Å². The molecule has 136 valence electrons. The van der Waals surface area contributed by atoms with E-state index < -0.39 is 0 Å². The molecule has 6 nitrogen and oxygen atoms in total. The van der Waals surface area contributed by atoms with Crippen molar-refractivity contribution in [2.75, 3.05) is 33.2 Å².